The molecule has 1 aliphatic rings. The van der Waals surface area contributed by atoms with E-state index in [2.05, 4.69) is 49.7 Å². The number of benzene rings is 2. The number of aromatic hydroxyl groups is 1. The van der Waals surface area contributed by atoms with E-state index >= 15 is 0 Å². The second kappa shape index (κ2) is 27.0. The number of phenolic OH excluding ortho intramolecular Hbond substituents is 1. The van der Waals surface area contributed by atoms with Crippen molar-refractivity contribution in [3.05, 3.63) is 172 Å². The van der Waals surface area contributed by atoms with Crippen LogP contribution in [0, 0.1) is 5.92 Å². The van der Waals surface area contributed by atoms with Crippen molar-refractivity contribution in [1.29, 1.82) is 0 Å². The largest absolute Gasteiger partial charge is 0.508 e. The van der Waals surface area contributed by atoms with E-state index in [0.717, 1.165) is 50.9 Å². The van der Waals surface area contributed by atoms with E-state index in [1.165, 1.54) is 50.9 Å². The maximum Gasteiger partial charge on any atom is 0.351 e. The first-order valence-electron chi connectivity index (χ1n) is 26.6. The topological polar surface area (TPSA) is 365 Å². The van der Waals surface area contributed by atoms with E-state index in [1.807, 2.05) is 54.9 Å². The molecule has 5 unspecified atom stereocenters. The summed E-state index contributed by atoms with van der Waals surface area (Å²) in [5.74, 6) is -6.69. The molecule has 448 valence electrons. The van der Waals surface area contributed by atoms with E-state index in [1.54, 1.807) is 35.0 Å². The number of carbonyl (C=O) groups is 8. The zero-order valence-corrected chi connectivity index (χ0v) is 51.2. The van der Waals surface area contributed by atoms with Crippen molar-refractivity contribution >= 4 is 115 Å². The number of nitrogens with one attached hydrogen (secondary N) is 6. The summed E-state index contributed by atoms with van der Waals surface area (Å²) in [7, 11) is 0. The maximum atomic E-state index is 14.7. The number of aliphatic carboxylic acids is 1. The van der Waals surface area contributed by atoms with Crippen molar-refractivity contribution in [2.45, 2.75) is 63.7 Å². The van der Waals surface area contributed by atoms with Crippen molar-refractivity contribution in [2.75, 3.05) is 0 Å². The predicted molar refractivity (Wildman–Crippen MR) is 332 cm³/mol. The molecule has 10 rings (SSSR count). The number of carboxylic acid groups (broad SMARTS) is 1. The number of thiazole rings is 6. The number of amides is 7. The first-order chi connectivity index (χ1) is 42.3. The first kappa shape index (κ1) is 61.5. The van der Waals surface area contributed by atoms with E-state index < -0.39 is 82.9 Å². The Bertz CT molecular complexity index is 4190. The predicted octanol–water partition coefficient (Wildman–Crippen LogP) is 7.77. The standard InChI is InChI=1S/C58H50N14O10S6/c1-5-26(2)44-57-71-42(25-88-57)56-66-37(20-84-56)45-32(15-16-33(62-45)53-68-38(22-85-53)48(77)60-27(3)46(75)61-28(4)58(81)82)52-67-39(21-83-52)50(79)65-36(19-43(59)74)55-70-41(24-87-55)51(80)64-35(18-29-9-7-6-8-10-29)54-69-40(23-86-54)49(78)63-34(47(76)72-44)17-30-11-13-31(73)14-12-30/h6-16,20-26,34-36,44,73H,3-5,17-19H2,1-2H3,(H2,59,74)(H,60,77)(H,61,75)(H,63,78)(H,64,80)(H,65,79)(H,72,76)(H,81,82). The minimum Gasteiger partial charge on any atom is -0.508 e. The van der Waals surface area contributed by atoms with Crippen LogP contribution >= 0.6 is 68.0 Å². The van der Waals surface area contributed by atoms with Crippen LogP contribution in [0.4, 0.5) is 0 Å². The van der Waals surface area contributed by atoms with Crippen molar-refractivity contribution in [3.8, 4) is 49.1 Å². The molecule has 10 N–H and O–H groups in total. The third kappa shape index (κ3) is 14.4. The van der Waals surface area contributed by atoms with Gasteiger partial charge in [-0.25, -0.2) is 39.7 Å². The first-order valence-corrected chi connectivity index (χ1v) is 31.9. The van der Waals surface area contributed by atoms with Crippen LogP contribution in [0.25, 0.3) is 43.4 Å². The molecule has 0 saturated carbocycles. The molecule has 10 bridgehead atoms. The van der Waals surface area contributed by atoms with Crippen LogP contribution in [0.1, 0.15) is 113 Å². The fourth-order valence-electron chi connectivity index (χ4n) is 8.76. The fourth-order valence-corrected chi connectivity index (χ4v) is 13.9. The number of phenols is 1. The Morgan fingerprint density at radius 3 is 1.81 bits per heavy atom. The van der Waals surface area contributed by atoms with Gasteiger partial charge in [0.1, 0.15) is 87.4 Å². The monoisotopic (exact) mass is 1290 g/mol. The number of carboxylic acids is 1. The maximum absolute atomic E-state index is 14.7. The average molecular weight is 1300 g/mol. The van der Waals surface area contributed by atoms with Gasteiger partial charge in [-0.15, -0.1) is 68.0 Å². The highest BCUT2D eigenvalue weighted by atomic mass is 32.1. The molecular formula is C58H50N14O10S6. The normalized spacial score (nSPS) is 16.6. The van der Waals surface area contributed by atoms with Crippen LogP contribution in [0.3, 0.4) is 0 Å². The lowest BCUT2D eigenvalue weighted by atomic mass is 9.98. The number of nitrogens with two attached hydrogens (primary N) is 1. The minimum absolute atomic E-state index is 0.00811. The Balaban J connectivity index is 1.03. The van der Waals surface area contributed by atoms with Crippen molar-refractivity contribution < 1.29 is 48.6 Å². The molecule has 0 spiro atoms. The third-order valence-electron chi connectivity index (χ3n) is 13.5. The molecule has 7 aromatic heterocycles. The lowest BCUT2D eigenvalue weighted by Gasteiger charge is -2.26. The van der Waals surface area contributed by atoms with Crippen LogP contribution in [-0.2, 0) is 32.0 Å². The van der Waals surface area contributed by atoms with Crippen LogP contribution in [-0.4, -0.2) is 98.5 Å². The van der Waals surface area contributed by atoms with Crippen molar-refractivity contribution in [2.24, 2.45) is 11.7 Å². The van der Waals surface area contributed by atoms with Gasteiger partial charge in [0.05, 0.1) is 35.9 Å². The molecule has 0 aliphatic carbocycles. The smallest absolute Gasteiger partial charge is 0.351 e. The number of nitrogens with zero attached hydrogens (tertiary/aromatic N) is 7. The number of hydrogen-bond acceptors (Lipinski definition) is 22. The molecule has 8 heterocycles. The fraction of sp³-hybridized carbons (Fsp3) is 0.190. The number of carbonyl (C=O) groups excluding carboxylic acids is 7. The van der Waals surface area contributed by atoms with Gasteiger partial charge in [-0.3, -0.25) is 33.6 Å². The van der Waals surface area contributed by atoms with Crippen LogP contribution < -0.4 is 37.6 Å². The molecule has 9 aromatic rings. The number of aromatic nitrogens is 7. The molecule has 0 fully saturated rings. The molecule has 30 heteroatoms. The summed E-state index contributed by atoms with van der Waals surface area (Å²) in [6, 6.07) is 15.3. The number of hydrogen-bond donors (Lipinski definition) is 9. The van der Waals surface area contributed by atoms with Gasteiger partial charge in [0, 0.05) is 44.3 Å². The average Bonchev–Trinajstić information content (AvgIpc) is 2.80. The molecule has 7 amide bonds. The van der Waals surface area contributed by atoms with Gasteiger partial charge in [-0.05, 0) is 47.7 Å². The summed E-state index contributed by atoms with van der Waals surface area (Å²) in [6.07, 6.45) is 0.530. The minimum atomic E-state index is -1.48. The van der Waals surface area contributed by atoms with Crippen LogP contribution in [0.2, 0.25) is 0 Å². The zero-order valence-electron chi connectivity index (χ0n) is 46.3. The van der Waals surface area contributed by atoms with Gasteiger partial charge < -0.3 is 47.8 Å². The Kier molecular flexibility index (Phi) is 18.9. The number of rotatable bonds is 14. The molecular weight excluding hydrogens is 1250 g/mol. The van der Waals surface area contributed by atoms with Gasteiger partial charge in [0.2, 0.25) is 11.8 Å². The Labute approximate surface area is 524 Å². The number of fused-ring (bicyclic) bond motifs is 14. The van der Waals surface area contributed by atoms with Gasteiger partial charge in [0.25, 0.3) is 29.5 Å². The van der Waals surface area contributed by atoms with E-state index in [0.29, 0.717) is 54.7 Å². The van der Waals surface area contributed by atoms with Gasteiger partial charge in [-0.2, -0.15) is 0 Å². The summed E-state index contributed by atoms with van der Waals surface area (Å²) in [6.45, 7) is 10.7. The molecule has 5 atom stereocenters. The second-order valence-electron chi connectivity index (χ2n) is 19.8. The summed E-state index contributed by atoms with van der Waals surface area (Å²) in [4.78, 5) is 141. The van der Waals surface area contributed by atoms with Crippen molar-refractivity contribution in [3.63, 3.8) is 0 Å². The second-order valence-corrected chi connectivity index (χ2v) is 25.0. The molecule has 2 aromatic carbocycles. The summed E-state index contributed by atoms with van der Waals surface area (Å²) < 4.78 is 0. The van der Waals surface area contributed by atoms with Crippen LogP contribution in [0.15, 0.2) is 124 Å². The van der Waals surface area contributed by atoms with Crippen LogP contribution in [0.5, 0.6) is 5.75 Å². The lowest BCUT2D eigenvalue weighted by Crippen LogP contribution is -2.49. The van der Waals surface area contributed by atoms with Gasteiger partial charge >= 0.3 is 5.97 Å². The Hall–Kier alpha value is -9.59. The highest BCUT2D eigenvalue weighted by Crippen LogP contribution is 2.39. The molecule has 1 aliphatic heterocycles. The SMILES string of the molecule is C=C(NC(=O)C(=C)NC(=O)c1csc(-c2ccc3c(n2)-c2csc(n2)-c2csc(n2)C(C(C)CC)NC(=O)C(Cc2ccc(O)cc2)NC(=O)c2csc(n2)C(Cc2ccccc2)NC(=O)c2csc(n2)C(CC(N)=O)NC(=O)c2csc-3n2)n1)C(=O)O. The van der Waals surface area contributed by atoms with E-state index in [-0.39, 0.29) is 69.4 Å². The number of primary amides is 1. The molecule has 0 radical (unpaired) electrons. The van der Waals surface area contributed by atoms with E-state index in [4.69, 9.17) is 35.8 Å². The quantitative estimate of drug-likeness (QED) is 0.0469. The number of pyridine rings is 1. The highest BCUT2D eigenvalue weighted by Gasteiger charge is 2.32. The third-order valence-corrected chi connectivity index (χ3v) is 19.0. The Morgan fingerprint density at radius 1 is 0.580 bits per heavy atom. The lowest BCUT2D eigenvalue weighted by molar-refractivity contribution is -0.134. The molecule has 24 nitrogen and oxygen atoms in total. The summed E-state index contributed by atoms with van der Waals surface area (Å²) in [5, 5.41) is 47.3. The zero-order chi connectivity index (χ0) is 62.3. The summed E-state index contributed by atoms with van der Waals surface area (Å²) >= 11 is 6.91. The molecule has 88 heavy (non-hydrogen) atoms. The molecule has 0 saturated heterocycles. The van der Waals surface area contributed by atoms with Gasteiger partial charge in [-0.1, -0.05) is 75.9 Å². The Morgan fingerprint density at radius 2 is 1.12 bits per heavy atom. The summed E-state index contributed by atoms with van der Waals surface area (Å²) in [5.41, 5.74) is 7.78. The van der Waals surface area contributed by atoms with Gasteiger partial charge in [0.15, 0.2) is 0 Å². The highest BCUT2D eigenvalue weighted by molar-refractivity contribution is 7.15. The van der Waals surface area contributed by atoms with Crippen molar-refractivity contribution in [1.82, 2.24) is 66.8 Å². The van der Waals surface area contributed by atoms with E-state index in [9.17, 15) is 43.5 Å².